The van der Waals surface area contributed by atoms with Crippen LogP contribution >= 0.6 is 0 Å². The molecule has 31 heavy (non-hydrogen) atoms. The van der Waals surface area contributed by atoms with Gasteiger partial charge in [-0.2, -0.15) is 0 Å². The molecule has 4 rings (SSSR count). The highest BCUT2D eigenvalue weighted by Crippen LogP contribution is 2.31. The minimum absolute atomic E-state index is 0.205. The van der Waals surface area contributed by atoms with Crippen molar-refractivity contribution < 1.29 is 27.9 Å². The van der Waals surface area contributed by atoms with Gasteiger partial charge in [-0.15, -0.1) is 0 Å². The number of fused-ring (bicyclic) bond motifs is 4. The van der Waals surface area contributed by atoms with Crippen LogP contribution in [0.15, 0.2) is 35.3 Å². The van der Waals surface area contributed by atoms with Crippen LogP contribution in [-0.2, 0) is 6.54 Å². The monoisotopic (exact) mass is 433 g/mol. The summed E-state index contributed by atoms with van der Waals surface area (Å²) in [7, 11) is 0. The fourth-order valence-corrected chi connectivity index (χ4v) is 3.90. The summed E-state index contributed by atoms with van der Waals surface area (Å²) in [6.45, 7) is 1.50. The van der Waals surface area contributed by atoms with Crippen molar-refractivity contribution >= 4 is 11.8 Å². The number of carbonyl (C=O) groups excluding carboxylic acids is 2. The first kappa shape index (κ1) is 20.7. The molecule has 7 nitrogen and oxygen atoms in total. The van der Waals surface area contributed by atoms with Crippen LogP contribution in [0.4, 0.5) is 13.2 Å². The molecule has 2 aliphatic rings. The fraction of sp³-hybridized carbons (Fsp3) is 0.286. The topological polar surface area (TPSA) is 91.6 Å². The molecule has 0 spiro atoms. The number of allylic oxidation sites excluding steroid dienone is 1. The second-order valence-corrected chi connectivity index (χ2v) is 7.52. The molecule has 162 valence electrons. The lowest BCUT2D eigenvalue weighted by molar-refractivity contribution is 0.0629. The zero-order chi connectivity index (χ0) is 22.4. The molecule has 2 atom stereocenters. The number of hydrogen-bond acceptors (Lipinski definition) is 4. The number of carbonyl (C=O) groups is 2. The number of hydrogen-bond donors (Lipinski definition) is 2. The van der Waals surface area contributed by atoms with Crippen molar-refractivity contribution in [1.82, 2.24) is 14.8 Å². The molecule has 0 aliphatic carbocycles. The van der Waals surface area contributed by atoms with E-state index in [0.717, 1.165) is 0 Å². The Morgan fingerprint density at radius 2 is 1.90 bits per heavy atom. The van der Waals surface area contributed by atoms with Crippen LogP contribution in [0, 0.1) is 17.5 Å². The maximum Gasteiger partial charge on any atom is 0.275 e. The van der Waals surface area contributed by atoms with Gasteiger partial charge >= 0.3 is 0 Å². The van der Waals surface area contributed by atoms with Gasteiger partial charge in [0, 0.05) is 43.0 Å². The first-order valence-corrected chi connectivity index (χ1v) is 9.56. The Morgan fingerprint density at radius 3 is 2.58 bits per heavy atom. The maximum absolute atomic E-state index is 13.8. The number of aromatic hydroxyl groups is 1. The van der Waals surface area contributed by atoms with E-state index >= 15 is 0 Å². The number of rotatable bonds is 3. The Labute approximate surface area is 174 Å². The fourth-order valence-electron chi connectivity index (χ4n) is 3.90. The number of aromatic nitrogens is 1. The predicted octanol–water partition coefficient (Wildman–Crippen LogP) is 2.25. The van der Waals surface area contributed by atoms with E-state index in [1.54, 1.807) is 0 Å². The Hall–Kier alpha value is -3.56. The molecule has 1 aromatic carbocycles. The van der Waals surface area contributed by atoms with Gasteiger partial charge in [-0.1, -0.05) is 12.2 Å². The Kier molecular flexibility index (Phi) is 5.08. The molecular weight excluding hydrogens is 415 g/mol. The molecular formula is C21H18F3N3O4. The first-order valence-electron chi connectivity index (χ1n) is 9.56. The van der Waals surface area contributed by atoms with Gasteiger partial charge in [0.2, 0.25) is 5.43 Å². The second kappa shape index (κ2) is 7.60. The van der Waals surface area contributed by atoms with Crippen molar-refractivity contribution in [2.75, 3.05) is 6.54 Å². The largest absolute Gasteiger partial charge is 0.503 e. The van der Waals surface area contributed by atoms with Crippen molar-refractivity contribution in [3.63, 3.8) is 0 Å². The third-order valence-corrected chi connectivity index (χ3v) is 5.57. The number of amides is 2. The quantitative estimate of drug-likeness (QED) is 0.727. The molecule has 2 bridgehead atoms. The van der Waals surface area contributed by atoms with E-state index in [1.165, 1.54) is 15.7 Å². The van der Waals surface area contributed by atoms with Crippen LogP contribution in [0.5, 0.6) is 5.75 Å². The highest BCUT2D eigenvalue weighted by atomic mass is 19.1. The number of nitrogens with one attached hydrogen (secondary N) is 1. The standard InChI is InChI=1S/C21H18F3N3O4/c1-10-3-2-4-12-8-26(10)21(31)17-19(29)18(28)14(9-27(12)17)20(30)25-7-13-15(23)5-11(22)6-16(13)24/h2-3,5-6,9-10,12,29H,4,7-8H2,1H3,(H,25,30)/t10-,12?/m0/s1. The average molecular weight is 433 g/mol. The van der Waals surface area contributed by atoms with Crippen molar-refractivity contribution in [3.8, 4) is 5.75 Å². The van der Waals surface area contributed by atoms with Gasteiger partial charge in [0.25, 0.3) is 11.8 Å². The third kappa shape index (κ3) is 3.47. The van der Waals surface area contributed by atoms with Crippen molar-refractivity contribution in [1.29, 1.82) is 0 Å². The molecule has 2 amide bonds. The van der Waals surface area contributed by atoms with Gasteiger partial charge < -0.3 is 19.9 Å². The van der Waals surface area contributed by atoms with Crippen LogP contribution in [0.2, 0.25) is 0 Å². The van der Waals surface area contributed by atoms with Gasteiger partial charge in [0.15, 0.2) is 11.4 Å². The summed E-state index contributed by atoms with van der Waals surface area (Å²) in [5, 5.41) is 12.6. The summed E-state index contributed by atoms with van der Waals surface area (Å²) in [6.07, 6.45) is 5.41. The predicted molar refractivity (Wildman–Crippen MR) is 103 cm³/mol. The Morgan fingerprint density at radius 1 is 1.23 bits per heavy atom. The molecule has 0 radical (unpaired) electrons. The average Bonchev–Trinajstić information content (AvgIpc) is 2.87. The SMILES string of the molecule is C[C@H]1C=CCC2CN1C(=O)c1c(O)c(=O)c(C(=O)NCc3c(F)cc(F)cc3F)cn12. The molecule has 2 N–H and O–H groups in total. The van der Waals surface area contributed by atoms with Crippen LogP contribution in [-0.4, -0.2) is 39.0 Å². The minimum Gasteiger partial charge on any atom is -0.503 e. The molecule has 1 aromatic heterocycles. The Balaban J connectivity index is 1.68. The first-order chi connectivity index (χ1) is 14.7. The zero-order valence-corrected chi connectivity index (χ0v) is 16.4. The minimum atomic E-state index is -1.19. The van der Waals surface area contributed by atoms with Crippen LogP contribution in [0.1, 0.15) is 45.8 Å². The van der Waals surface area contributed by atoms with Crippen molar-refractivity contribution in [3.05, 3.63) is 75.0 Å². The molecule has 10 heteroatoms. The van der Waals surface area contributed by atoms with E-state index in [-0.39, 0.29) is 17.8 Å². The summed E-state index contributed by atoms with van der Waals surface area (Å²) in [6, 6.07) is 0.424. The Bertz CT molecular complexity index is 1170. The molecule has 0 fully saturated rings. The molecule has 0 saturated carbocycles. The van der Waals surface area contributed by atoms with E-state index in [2.05, 4.69) is 5.32 Å². The van der Waals surface area contributed by atoms with Gasteiger partial charge in [-0.05, 0) is 13.3 Å². The second-order valence-electron chi connectivity index (χ2n) is 7.52. The van der Waals surface area contributed by atoms with E-state index in [4.69, 9.17) is 0 Å². The molecule has 2 aromatic rings. The van der Waals surface area contributed by atoms with Gasteiger partial charge in [-0.25, -0.2) is 13.2 Å². The van der Waals surface area contributed by atoms with Gasteiger partial charge in [-0.3, -0.25) is 14.4 Å². The highest BCUT2D eigenvalue weighted by Gasteiger charge is 2.37. The lowest BCUT2D eigenvalue weighted by Crippen LogP contribution is -2.47. The number of nitrogens with zero attached hydrogens (tertiary/aromatic N) is 2. The molecule has 3 heterocycles. The van der Waals surface area contributed by atoms with Crippen LogP contribution in [0.25, 0.3) is 0 Å². The summed E-state index contributed by atoms with van der Waals surface area (Å²) in [5.74, 6) is -5.87. The van der Waals surface area contributed by atoms with Gasteiger partial charge in [0.1, 0.15) is 23.0 Å². The summed E-state index contributed by atoms with van der Waals surface area (Å²) in [5.41, 5.74) is -2.33. The van der Waals surface area contributed by atoms with Crippen LogP contribution in [0.3, 0.4) is 0 Å². The summed E-state index contributed by atoms with van der Waals surface area (Å²) >= 11 is 0. The summed E-state index contributed by atoms with van der Waals surface area (Å²) < 4.78 is 42.0. The third-order valence-electron chi connectivity index (χ3n) is 5.57. The van der Waals surface area contributed by atoms with E-state index in [1.807, 2.05) is 19.1 Å². The van der Waals surface area contributed by atoms with Crippen molar-refractivity contribution in [2.24, 2.45) is 0 Å². The maximum atomic E-state index is 13.8. The van der Waals surface area contributed by atoms with E-state index in [9.17, 15) is 32.7 Å². The van der Waals surface area contributed by atoms with E-state index < -0.39 is 58.1 Å². The highest BCUT2D eigenvalue weighted by molar-refractivity contribution is 5.99. The lowest BCUT2D eigenvalue weighted by atomic mass is 10.1. The molecule has 1 unspecified atom stereocenters. The van der Waals surface area contributed by atoms with Gasteiger partial charge in [0.05, 0.1) is 6.04 Å². The number of benzene rings is 1. The number of pyridine rings is 1. The molecule has 2 aliphatic heterocycles. The normalized spacial score (nSPS) is 19.7. The lowest BCUT2D eigenvalue weighted by Gasteiger charge is -2.37. The van der Waals surface area contributed by atoms with E-state index in [0.29, 0.717) is 25.1 Å². The zero-order valence-electron chi connectivity index (χ0n) is 16.4. The van der Waals surface area contributed by atoms with Crippen molar-refractivity contribution in [2.45, 2.75) is 32.0 Å². The number of halogens is 3. The molecule has 0 saturated heterocycles. The summed E-state index contributed by atoms with van der Waals surface area (Å²) in [4.78, 5) is 39.5. The smallest absolute Gasteiger partial charge is 0.275 e. The van der Waals surface area contributed by atoms with Crippen LogP contribution < -0.4 is 10.7 Å².